The molecule has 3 aliphatic rings. The minimum atomic E-state index is -3.20. The molecular formula is C37H40F2N8O6S. The SMILES string of the molecule is C[C@@H](NC(=O)[C@@H]1C[C@]2(COCCN=[N+]=[N-])C[C@@H]2N1C(=O)CNC(=O)c1ccc2c(c1)-c1ccccc1C2(F)F)c1cc(C(=N)NC(=O)OC(C)(C)C)cs1. The number of fused-ring (bicyclic) bond motifs is 4. The summed E-state index contributed by atoms with van der Waals surface area (Å²) in [4.78, 5) is 58.0. The van der Waals surface area contributed by atoms with Gasteiger partial charge in [0.05, 0.1) is 25.8 Å². The van der Waals surface area contributed by atoms with Crippen LogP contribution in [-0.4, -0.2) is 78.5 Å². The van der Waals surface area contributed by atoms with Gasteiger partial charge in [-0.15, -0.1) is 11.3 Å². The van der Waals surface area contributed by atoms with Gasteiger partial charge in [-0.05, 0) is 75.4 Å². The van der Waals surface area contributed by atoms with Crippen molar-refractivity contribution in [3.63, 3.8) is 0 Å². The van der Waals surface area contributed by atoms with Gasteiger partial charge in [-0.2, -0.15) is 8.78 Å². The lowest BCUT2D eigenvalue weighted by Crippen LogP contribution is -2.51. The number of benzene rings is 2. The highest BCUT2D eigenvalue weighted by molar-refractivity contribution is 7.10. The number of ether oxygens (including phenoxy) is 2. The van der Waals surface area contributed by atoms with E-state index in [1.165, 1.54) is 46.6 Å². The summed E-state index contributed by atoms with van der Waals surface area (Å²) in [6.45, 7) is 7.00. The Balaban J connectivity index is 1.12. The first kappa shape index (κ1) is 38.3. The van der Waals surface area contributed by atoms with Crippen LogP contribution in [0, 0.1) is 10.8 Å². The van der Waals surface area contributed by atoms with E-state index in [1.807, 2.05) is 0 Å². The first-order valence-corrected chi connectivity index (χ1v) is 18.2. The molecule has 4 atom stereocenters. The predicted molar refractivity (Wildman–Crippen MR) is 195 cm³/mol. The summed E-state index contributed by atoms with van der Waals surface area (Å²) in [6.07, 6.45) is 0.115. The van der Waals surface area contributed by atoms with Gasteiger partial charge in [-0.25, -0.2) is 4.79 Å². The molecule has 54 heavy (non-hydrogen) atoms. The molecule has 0 radical (unpaired) electrons. The number of amidine groups is 1. The van der Waals surface area contributed by atoms with Gasteiger partial charge in [0, 0.05) is 55.4 Å². The first-order valence-electron chi connectivity index (χ1n) is 17.3. The molecule has 2 aromatic carbocycles. The number of nitrogens with one attached hydrogen (secondary N) is 4. The van der Waals surface area contributed by atoms with Crippen molar-refractivity contribution >= 4 is 41.0 Å². The number of hydrogen-bond donors (Lipinski definition) is 4. The van der Waals surface area contributed by atoms with E-state index in [2.05, 4.69) is 26.0 Å². The fourth-order valence-electron chi connectivity index (χ4n) is 7.08. The number of nitrogens with zero attached hydrogens (tertiary/aromatic N) is 4. The van der Waals surface area contributed by atoms with Crippen molar-refractivity contribution in [2.75, 3.05) is 26.3 Å². The number of halogens is 2. The van der Waals surface area contributed by atoms with Crippen molar-refractivity contribution < 1.29 is 37.4 Å². The van der Waals surface area contributed by atoms with E-state index in [9.17, 15) is 19.2 Å². The number of alkyl carbamates (subject to hydrolysis) is 1. The zero-order chi connectivity index (χ0) is 39.0. The molecular weight excluding hydrogens is 723 g/mol. The van der Waals surface area contributed by atoms with Crippen LogP contribution >= 0.6 is 11.3 Å². The third-order valence-corrected chi connectivity index (χ3v) is 10.8. The van der Waals surface area contributed by atoms with Crippen LogP contribution in [0.1, 0.15) is 78.5 Å². The molecule has 2 fully saturated rings. The van der Waals surface area contributed by atoms with E-state index in [1.54, 1.807) is 51.3 Å². The maximum Gasteiger partial charge on any atom is 0.413 e. The van der Waals surface area contributed by atoms with Gasteiger partial charge in [0.25, 0.3) is 11.8 Å². The molecule has 2 aliphatic carbocycles. The number of alkyl halides is 2. The lowest BCUT2D eigenvalue weighted by molar-refractivity contribution is -0.139. The summed E-state index contributed by atoms with van der Waals surface area (Å²) in [5, 5.41) is 21.4. The van der Waals surface area contributed by atoms with Crippen molar-refractivity contribution in [1.82, 2.24) is 20.9 Å². The monoisotopic (exact) mass is 762 g/mol. The molecule has 4 N–H and O–H groups in total. The largest absolute Gasteiger partial charge is 0.444 e. The highest BCUT2D eigenvalue weighted by Gasteiger charge is 2.67. The molecule has 4 amide bonds. The topological polar surface area (TPSA) is 199 Å². The van der Waals surface area contributed by atoms with Crippen LogP contribution in [0.25, 0.3) is 21.6 Å². The zero-order valence-corrected chi connectivity index (χ0v) is 30.9. The van der Waals surface area contributed by atoms with E-state index < -0.39 is 59.4 Å². The van der Waals surface area contributed by atoms with Gasteiger partial charge in [0.1, 0.15) is 17.5 Å². The molecule has 1 aromatic heterocycles. The molecule has 1 aliphatic heterocycles. The Hall–Kier alpha value is -5.38. The predicted octanol–water partition coefficient (Wildman–Crippen LogP) is 6.01. The van der Waals surface area contributed by atoms with Gasteiger partial charge in [0.2, 0.25) is 11.8 Å². The fraction of sp³-hybridized carbons (Fsp3) is 0.432. The van der Waals surface area contributed by atoms with Gasteiger partial charge in [0.15, 0.2) is 0 Å². The van der Waals surface area contributed by atoms with Crippen LogP contribution in [0.4, 0.5) is 13.6 Å². The molecule has 1 saturated carbocycles. The van der Waals surface area contributed by atoms with Gasteiger partial charge in [-0.1, -0.05) is 35.4 Å². The maximum atomic E-state index is 15.1. The highest BCUT2D eigenvalue weighted by atomic mass is 32.1. The van der Waals surface area contributed by atoms with Crippen LogP contribution in [0.15, 0.2) is 59.0 Å². The second-order valence-electron chi connectivity index (χ2n) is 14.6. The summed E-state index contributed by atoms with van der Waals surface area (Å²) in [5.41, 5.74) is 8.12. The Labute approximate surface area is 313 Å². The summed E-state index contributed by atoms with van der Waals surface area (Å²) in [6, 6.07) is 9.98. The summed E-state index contributed by atoms with van der Waals surface area (Å²) < 4.78 is 41.1. The Morgan fingerprint density at radius 1 is 1.09 bits per heavy atom. The third-order valence-electron chi connectivity index (χ3n) is 9.69. The number of likely N-dealkylation sites (tertiary alicyclic amines) is 1. The molecule has 284 valence electrons. The number of azide groups is 1. The normalized spacial score (nSPS) is 20.7. The summed E-state index contributed by atoms with van der Waals surface area (Å²) in [5.74, 6) is -4.90. The molecule has 1 saturated heterocycles. The lowest BCUT2D eigenvalue weighted by Gasteiger charge is -2.28. The smallest absolute Gasteiger partial charge is 0.413 e. The van der Waals surface area contributed by atoms with E-state index in [-0.39, 0.29) is 53.9 Å². The second-order valence-corrected chi connectivity index (χ2v) is 15.6. The molecule has 14 nitrogen and oxygen atoms in total. The summed E-state index contributed by atoms with van der Waals surface area (Å²) in [7, 11) is 0. The number of rotatable bonds is 12. The Morgan fingerprint density at radius 3 is 2.57 bits per heavy atom. The number of piperidine rings is 1. The van der Waals surface area contributed by atoms with Gasteiger partial charge >= 0.3 is 6.09 Å². The van der Waals surface area contributed by atoms with Crippen LogP contribution in [0.3, 0.4) is 0 Å². The lowest BCUT2D eigenvalue weighted by atomic mass is 10.00. The number of carbonyl (C=O) groups is 4. The molecule has 6 rings (SSSR count). The van der Waals surface area contributed by atoms with E-state index in [0.29, 0.717) is 28.8 Å². The standard InChI is InChI=1S/C37H40F2N8O6S/c1-20(28-14-22(18-54-28)31(40)45-34(51)53-35(2,3)4)44-33(50)27-15-36(19-52-12-11-43-46-41)16-29(36)47(27)30(48)17-42-32(49)21-9-10-26-24(13-21)23-7-5-6-8-25(23)37(26,38)39/h5-10,13-14,18,20,27,29H,11-12,15-17,19H2,1-4H3,(H,42,49)(H,44,50)(H2,40,45,51)/t20-,27+,29+,36-/m1/s1. The quantitative estimate of drug-likeness (QED) is 0.0435. The van der Waals surface area contributed by atoms with E-state index in [0.717, 1.165) is 0 Å². The Morgan fingerprint density at radius 2 is 1.83 bits per heavy atom. The Kier molecular flexibility index (Phi) is 10.5. The third kappa shape index (κ3) is 7.79. The molecule has 2 heterocycles. The minimum Gasteiger partial charge on any atom is -0.444 e. The van der Waals surface area contributed by atoms with Crippen molar-refractivity contribution in [2.45, 2.75) is 70.2 Å². The van der Waals surface area contributed by atoms with Crippen LogP contribution in [0.5, 0.6) is 0 Å². The average molecular weight is 763 g/mol. The summed E-state index contributed by atoms with van der Waals surface area (Å²) >= 11 is 1.28. The maximum absolute atomic E-state index is 15.1. The van der Waals surface area contributed by atoms with Crippen molar-refractivity contribution in [3.8, 4) is 11.1 Å². The number of hydrogen-bond acceptors (Lipinski definition) is 9. The van der Waals surface area contributed by atoms with Crippen LogP contribution < -0.4 is 16.0 Å². The number of thiophene rings is 1. The molecule has 0 spiro atoms. The number of carbonyl (C=O) groups excluding carboxylic acids is 4. The Bertz CT molecular complexity index is 2060. The highest BCUT2D eigenvalue weighted by Crippen LogP contribution is 2.59. The van der Waals surface area contributed by atoms with E-state index in [4.69, 9.17) is 20.4 Å². The van der Waals surface area contributed by atoms with Crippen molar-refractivity contribution in [2.24, 2.45) is 10.5 Å². The first-order chi connectivity index (χ1) is 25.5. The minimum absolute atomic E-state index is 0.109. The van der Waals surface area contributed by atoms with Crippen molar-refractivity contribution in [3.05, 3.63) is 91.5 Å². The van der Waals surface area contributed by atoms with Crippen molar-refractivity contribution in [1.29, 1.82) is 5.41 Å². The molecule has 0 unspecified atom stereocenters. The van der Waals surface area contributed by atoms with Crippen LogP contribution in [-0.2, 0) is 25.0 Å². The second kappa shape index (κ2) is 14.8. The average Bonchev–Trinajstić information content (AvgIpc) is 3.39. The molecule has 3 aromatic rings. The van der Waals surface area contributed by atoms with Gasteiger partial charge < -0.3 is 25.0 Å². The zero-order valence-electron chi connectivity index (χ0n) is 30.1. The van der Waals surface area contributed by atoms with Crippen LogP contribution in [0.2, 0.25) is 0 Å². The van der Waals surface area contributed by atoms with E-state index >= 15 is 8.78 Å². The fourth-order valence-corrected chi connectivity index (χ4v) is 7.99. The number of amides is 4. The molecule has 0 bridgehead atoms. The molecule has 17 heteroatoms. The van der Waals surface area contributed by atoms with Gasteiger partial charge in [-0.3, -0.25) is 25.1 Å².